The minimum atomic E-state index is -0.640. The lowest BCUT2D eigenvalue weighted by Gasteiger charge is -2.24. The Balaban J connectivity index is 1.29. The third kappa shape index (κ3) is 10.0. The molecule has 0 fully saturated rings. The van der Waals surface area contributed by atoms with Crippen molar-refractivity contribution in [3.63, 3.8) is 0 Å². The quantitative estimate of drug-likeness (QED) is 0.148. The Labute approximate surface area is 259 Å². The molecular formula is C36H43N5O3. The number of nitrogens with one attached hydrogen (secondary N) is 2. The normalized spacial score (nSPS) is 12.3. The van der Waals surface area contributed by atoms with Crippen LogP contribution in [0.3, 0.4) is 0 Å². The number of nitrogens with two attached hydrogens (primary N) is 2. The summed E-state index contributed by atoms with van der Waals surface area (Å²) in [5, 5.41) is 7.97. The molecule has 230 valence electrons. The van der Waals surface area contributed by atoms with Gasteiger partial charge >= 0.3 is 0 Å². The van der Waals surface area contributed by atoms with E-state index in [4.69, 9.17) is 11.5 Å². The van der Waals surface area contributed by atoms with Crippen molar-refractivity contribution in [2.75, 3.05) is 26.2 Å². The minimum Gasteiger partial charge on any atom is -0.355 e. The van der Waals surface area contributed by atoms with Gasteiger partial charge in [0, 0.05) is 26.2 Å². The summed E-state index contributed by atoms with van der Waals surface area (Å²) < 4.78 is 0. The first-order valence-corrected chi connectivity index (χ1v) is 15.3. The highest BCUT2D eigenvalue weighted by Gasteiger charge is 2.18. The number of amides is 3. The van der Waals surface area contributed by atoms with Crippen LogP contribution in [0.15, 0.2) is 103 Å². The maximum Gasteiger partial charge on any atom is 0.237 e. The van der Waals surface area contributed by atoms with Gasteiger partial charge < -0.3 is 27.0 Å². The maximum atomic E-state index is 13.5. The number of nitrogens with zero attached hydrogens (tertiary/aromatic N) is 1. The first-order valence-electron chi connectivity index (χ1n) is 15.3. The third-order valence-corrected chi connectivity index (χ3v) is 7.65. The summed E-state index contributed by atoms with van der Waals surface area (Å²) in [6, 6.07) is 32.1. The van der Waals surface area contributed by atoms with Crippen LogP contribution in [0, 0.1) is 0 Å². The SMILES string of the molecule is N[C@@H](Cc1ccccc1)C(=O)NCCCN(CCCNC(=O)[C@@H](N)Cc1ccccc1)C(=O)Cc1cccc2ccccc12. The second-order valence-electron chi connectivity index (χ2n) is 11.1. The molecule has 4 aromatic rings. The molecule has 4 rings (SSSR count). The summed E-state index contributed by atoms with van der Waals surface area (Å²) in [7, 11) is 0. The van der Waals surface area contributed by atoms with Gasteiger partial charge in [0.1, 0.15) is 0 Å². The van der Waals surface area contributed by atoms with Gasteiger partial charge in [-0.2, -0.15) is 0 Å². The van der Waals surface area contributed by atoms with Gasteiger partial charge in [-0.3, -0.25) is 14.4 Å². The van der Waals surface area contributed by atoms with Crippen LogP contribution in [0.5, 0.6) is 0 Å². The smallest absolute Gasteiger partial charge is 0.237 e. The van der Waals surface area contributed by atoms with Gasteiger partial charge in [0.2, 0.25) is 17.7 Å². The van der Waals surface area contributed by atoms with Gasteiger partial charge in [-0.05, 0) is 53.1 Å². The lowest BCUT2D eigenvalue weighted by Crippen LogP contribution is -2.44. The van der Waals surface area contributed by atoms with Crippen molar-refractivity contribution in [1.29, 1.82) is 0 Å². The largest absolute Gasteiger partial charge is 0.355 e. The van der Waals surface area contributed by atoms with Crippen LogP contribution in [0.2, 0.25) is 0 Å². The fourth-order valence-corrected chi connectivity index (χ4v) is 5.23. The number of rotatable bonds is 16. The third-order valence-electron chi connectivity index (χ3n) is 7.65. The molecule has 8 nitrogen and oxygen atoms in total. The average Bonchev–Trinajstić information content (AvgIpc) is 3.04. The Morgan fingerprint density at radius 1 is 0.614 bits per heavy atom. The van der Waals surface area contributed by atoms with E-state index in [0.29, 0.717) is 51.9 Å². The summed E-state index contributed by atoms with van der Waals surface area (Å²) in [5.41, 5.74) is 15.2. The molecule has 44 heavy (non-hydrogen) atoms. The number of carbonyl (C=O) groups excluding carboxylic acids is 3. The summed E-state index contributed by atoms with van der Waals surface area (Å²) in [6.07, 6.45) is 2.36. The van der Waals surface area contributed by atoms with E-state index in [1.807, 2.05) is 108 Å². The molecule has 0 aliphatic rings. The van der Waals surface area contributed by atoms with Crippen molar-refractivity contribution < 1.29 is 14.4 Å². The van der Waals surface area contributed by atoms with E-state index in [2.05, 4.69) is 10.6 Å². The Bertz CT molecular complexity index is 1420. The fraction of sp³-hybridized carbons (Fsp3) is 0.306. The molecule has 0 radical (unpaired) electrons. The number of fused-ring (bicyclic) bond motifs is 1. The molecule has 0 aliphatic carbocycles. The van der Waals surface area contributed by atoms with Crippen molar-refractivity contribution in [3.05, 3.63) is 120 Å². The molecule has 0 saturated carbocycles. The van der Waals surface area contributed by atoms with Crippen molar-refractivity contribution >= 4 is 28.5 Å². The maximum absolute atomic E-state index is 13.5. The van der Waals surface area contributed by atoms with Gasteiger partial charge in [-0.15, -0.1) is 0 Å². The molecule has 6 N–H and O–H groups in total. The van der Waals surface area contributed by atoms with Gasteiger partial charge in [0.05, 0.1) is 18.5 Å². The zero-order chi connectivity index (χ0) is 31.1. The number of benzene rings is 4. The molecule has 0 saturated heterocycles. The molecule has 2 atom stereocenters. The highest BCUT2D eigenvalue weighted by molar-refractivity contribution is 5.90. The molecular weight excluding hydrogens is 550 g/mol. The Morgan fingerprint density at radius 3 is 1.64 bits per heavy atom. The minimum absolute atomic E-state index is 0.000522. The van der Waals surface area contributed by atoms with E-state index >= 15 is 0 Å². The zero-order valence-corrected chi connectivity index (χ0v) is 25.2. The lowest BCUT2D eigenvalue weighted by atomic mass is 10.0. The predicted octanol–water partition coefficient (Wildman–Crippen LogP) is 3.36. The van der Waals surface area contributed by atoms with Crippen LogP contribution in [-0.2, 0) is 33.6 Å². The molecule has 8 heteroatoms. The number of carbonyl (C=O) groups is 3. The van der Waals surface area contributed by atoms with Crippen molar-refractivity contribution in [2.45, 2.75) is 44.2 Å². The van der Waals surface area contributed by atoms with Crippen LogP contribution >= 0.6 is 0 Å². The fourth-order valence-electron chi connectivity index (χ4n) is 5.23. The van der Waals surface area contributed by atoms with E-state index in [9.17, 15) is 14.4 Å². The van der Waals surface area contributed by atoms with Crippen molar-refractivity contribution in [3.8, 4) is 0 Å². The van der Waals surface area contributed by atoms with Gasteiger partial charge in [0.15, 0.2) is 0 Å². The first-order chi connectivity index (χ1) is 21.4. The first kappa shape index (κ1) is 32.4. The molecule has 3 amide bonds. The summed E-state index contributed by atoms with van der Waals surface area (Å²) >= 11 is 0. The second kappa shape index (κ2) is 16.9. The highest BCUT2D eigenvalue weighted by Crippen LogP contribution is 2.19. The summed E-state index contributed by atoms with van der Waals surface area (Å²) in [5.74, 6) is -0.422. The summed E-state index contributed by atoms with van der Waals surface area (Å²) in [6.45, 7) is 1.76. The Morgan fingerprint density at radius 2 is 1.09 bits per heavy atom. The molecule has 4 aromatic carbocycles. The average molecular weight is 594 g/mol. The molecule has 0 aromatic heterocycles. The van der Waals surface area contributed by atoms with Crippen LogP contribution < -0.4 is 22.1 Å². The topological polar surface area (TPSA) is 131 Å². The zero-order valence-electron chi connectivity index (χ0n) is 25.2. The predicted molar refractivity (Wildman–Crippen MR) is 176 cm³/mol. The van der Waals surface area contributed by atoms with Crippen molar-refractivity contribution in [1.82, 2.24) is 15.5 Å². The van der Waals surface area contributed by atoms with E-state index < -0.39 is 12.1 Å². The van der Waals surface area contributed by atoms with E-state index in [0.717, 1.165) is 27.5 Å². The van der Waals surface area contributed by atoms with Crippen LogP contribution in [-0.4, -0.2) is 60.9 Å². The standard InChI is InChI=1S/C36H43N5O3/c37-32(24-27-12-3-1-4-13-27)35(43)39-20-10-22-41(34(42)26-30-18-9-17-29-16-7-8-19-31(29)30)23-11-21-40-36(44)33(38)25-28-14-5-2-6-15-28/h1-9,12-19,32-33H,10-11,20-26,37-38H2,(H,39,43)(H,40,44)/t32-,33-/m0/s1. The van der Waals surface area contributed by atoms with Gasteiger partial charge in [-0.1, -0.05) is 103 Å². The molecule has 0 aliphatic heterocycles. The van der Waals surface area contributed by atoms with Crippen LogP contribution in [0.25, 0.3) is 10.8 Å². The monoisotopic (exact) mass is 593 g/mol. The van der Waals surface area contributed by atoms with Crippen LogP contribution in [0.4, 0.5) is 0 Å². The van der Waals surface area contributed by atoms with Gasteiger partial charge in [-0.25, -0.2) is 0 Å². The molecule has 0 bridgehead atoms. The molecule has 0 spiro atoms. The van der Waals surface area contributed by atoms with E-state index in [1.165, 1.54) is 0 Å². The van der Waals surface area contributed by atoms with Crippen LogP contribution in [0.1, 0.15) is 29.5 Å². The Hall–Kier alpha value is -4.53. The summed E-state index contributed by atoms with van der Waals surface area (Å²) in [4.78, 5) is 40.5. The van der Waals surface area contributed by atoms with Gasteiger partial charge in [0.25, 0.3) is 0 Å². The number of hydrogen-bond acceptors (Lipinski definition) is 5. The lowest BCUT2D eigenvalue weighted by molar-refractivity contribution is -0.130. The molecule has 0 unspecified atom stereocenters. The van der Waals surface area contributed by atoms with Crippen molar-refractivity contribution in [2.24, 2.45) is 11.5 Å². The van der Waals surface area contributed by atoms with E-state index in [-0.39, 0.29) is 24.1 Å². The van der Waals surface area contributed by atoms with E-state index in [1.54, 1.807) is 0 Å². The highest BCUT2D eigenvalue weighted by atomic mass is 16.2. The Kier molecular flexibility index (Phi) is 12.5. The number of hydrogen-bond donors (Lipinski definition) is 4. The second-order valence-corrected chi connectivity index (χ2v) is 11.1. The molecule has 0 heterocycles.